The van der Waals surface area contributed by atoms with E-state index in [9.17, 15) is 0 Å². The SMILES string of the molecule is CCCn1ncc(CN2CCN(CCSC)CC2)c1C. The lowest BCUT2D eigenvalue weighted by molar-refractivity contribution is 0.132. The van der Waals surface area contributed by atoms with Gasteiger partial charge < -0.3 is 0 Å². The summed E-state index contributed by atoms with van der Waals surface area (Å²) < 4.78 is 2.14. The maximum absolute atomic E-state index is 4.50. The van der Waals surface area contributed by atoms with E-state index in [4.69, 9.17) is 0 Å². The summed E-state index contributed by atoms with van der Waals surface area (Å²) in [5.41, 5.74) is 2.74. The Kier molecular flexibility index (Phi) is 6.39. The quantitative estimate of drug-likeness (QED) is 0.769. The molecule has 1 fully saturated rings. The Morgan fingerprint density at radius 3 is 2.50 bits per heavy atom. The lowest BCUT2D eigenvalue weighted by Gasteiger charge is -2.34. The van der Waals surface area contributed by atoms with Crippen molar-refractivity contribution in [3.63, 3.8) is 0 Å². The minimum atomic E-state index is 1.04. The van der Waals surface area contributed by atoms with Crippen molar-refractivity contribution in [3.05, 3.63) is 17.5 Å². The molecule has 5 heteroatoms. The average molecular weight is 296 g/mol. The first-order valence-corrected chi connectivity index (χ1v) is 9.09. The van der Waals surface area contributed by atoms with E-state index in [1.165, 1.54) is 49.7 Å². The van der Waals surface area contributed by atoms with Crippen molar-refractivity contribution < 1.29 is 0 Å². The van der Waals surface area contributed by atoms with Crippen LogP contribution in [0.15, 0.2) is 6.20 Å². The standard InChI is InChI=1S/C15H28N4S/c1-4-5-19-14(2)15(12-16-19)13-18-8-6-17(7-9-18)10-11-20-3/h12H,4-11,13H2,1-3H3. The van der Waals surface area contributed by atoms with Gasteiger partial charge in [-0.15, -0.1) is 0 Å². The molecule has 0 aromatic carbocycles. The molecule has 0 saturated carbocycles. The Morgan fingerprint density at radius 2 is 1.85 bits per heavy atom. The zero-order valence-corrected chi connectivity index (χ0v) is 14.0. The highest BCUT2D eigenvalue weighted by atomic mass is 32.2. The number of nitrogens with zero attached hydrogens (tertiary/aromatic N) is 4. The van der Waals surface area contributed by atoms with Crippen molar-refractivity contribution >= 4 is 11.8 Å². The third-order valence-corrected chi connectivity index (χ3v) is 4.70. The number of aryl methyl sites for hydroxylation is 1. The predicted molar refractivity (Wildman–Crippen MR) is 87.4 cm³/mol. The highest BCUT2D eigenvalue weighted by Gasteiger charge is 2.18. The summed E-state index contributed by atoms with van der Waals surface area (Å²) in [7, 11) is 0. The first-order valence-electron chi connectivity index (χ1n) is 7.69. The van der Waals surface area contributed by atoms with Crippen molar-refractivity contribution in [2.75, 3.05) is 44.7 Å². The topological polar surface area (TPSA) is 24.3 Å². The van der Waals surface area contributed by atoms with Gasteiger partial charge in [0.2, 0.25) is 0 Å². The van der Waals surface area contributed by atoms with Crippen molar-refractivity contribution in [2.45, 2.75) is 33.4 Å². The Labute approximate surface area is 127 Å². The van der Waals surface area contributed by atoms with Gasteiger partial charge in [-0.2, -0.15) is 16.9 Å². The van der Waals surface area contributed by atoms with Crippen LogP contribution in [0, 0.1) is 6.92 Å². The third kappa shape index (κ3) is 4.24. The van der Waals surface area contributed by atoms with Gasteiger partial charge in [-0.3, -0.25) is 14.5 Å². The molecular formula is C15H28N4S. The highest BCUT2D eigenvalue weighted by molar-refractivity contribution is 7.98. The molecule has 0 N–H and O–H groups in total. The molecule has 1 aromatic rings. The summed E-state index contributed by atoms with van der Waals surface area (Å²) in [5, 5.41) is 4.50. The fourth-order valence-electron chi connectivity index (χ4n) is 2.71. The van der Waals surface area contributed by atoms with Gasteiger partial charge in [0.25, 0.3) is 0 Å². The summed E-state index contributed by atoms with van der Waals surface area (Å²) in [6, 6.07) is 0. The smallest absolute Gasteiger partial charge is 0.0537 e. The lowest BCUT2D eigenvalue weighted by Crippen LogP contribution is -2.46. The normalized spacial score (nSPS) is 17.8. The maximum Gasteiger partial charge on any atom is 0.0537 e. The number of aromatic nitrogens is 2. The van der Waals surface area contributed by atoms with Gasteiger partial charge in [-0.05, 0) is 19.6 Å². The molecule has 0 radical (unpaired) electrons. The van der Waals surface area contributed by atoms with E-state index in [0.717, 1.165) is 19.5 Å². The first kappa shape index (κ1) is 15.9. The van der Waals surface area contributed by atoms with E-state index in [1.54, 1.807) is 0 Å². The number of hydrogen-bond acceptors (Lipinski definition) is 4. The molecule has 4 nitrogen and oxygen atoms in total. The molecule has 0 unspecified atom stereocenters. The molecular weight excluding hydrogens is 268 g/mol. The summed E-state index contributed by atoms with van der Waals surface area (Å²) in [4.78, 5) is 5.15. The van der Waals surface area contributed by atoms with E-state index < -0.39 is 0 Å². The molecule has 1 aliphatic rings. The van der Waals surface area contributed by atoms with E-state index in [-0.39, 0.29) is 0 Å². The summed E-state index contributed by atoms with van der Waals surface area (Å²) in [6.07, 6.45) is 5.40. The molecule has 1 aliphatic heterocycles. The zero-order chi connectivity index (χ0) is 14.4. The Bertz CT molecular complexity index is 397. The van der Waals surface area contributed by atoms with Crippen LogP contribution in [0.25, 0.3) is 0 Å². The Hall–Kier alpha value is -0.520. The second kappa shape index (κ2) is 8.05. The second-order valence-electron chi connectivity index (χ2n) is 5.59. The molecule has 114 valence electrons. The van der Waals surface area contributed by atoms with Gasteiger partial charge in [0, 0.05) is 62.8 Å². The molecule has 20 heavy (non-hydrogen) atoms. The molecule has 0 aliphatic carbocycles. The first-order chi connectivity index (χ1) is 9.74. The number of rotatable bonds is 7. The fraction of sp³-hybridized carbons (Fsp3) is 0.800. The van der Waals surface area contributed by atoms with Gasteiger partial charge in [-0.25, -0.2) is 0 Å². The van der Waals surface area contributed by atoms with E-state index in [2.05, 4.69) is 45.9 Å². The van der Waals surface area contributed by atoms with Crippen LogP contribution >= 0.6 is 11.8 Å². The van der Waals surface area contributed by atoms with Gasteiger partial charge in [-0.1, -0.05) is 6.92 Å². The Morgan fingerprint density at radius 1 is 1.15 bits per heavy atom. The van der Waals surface area contributed by atoms with E-state index in [1.807, 2.05) is 11.8 Å². The van der Waals surface area contributed by atoms with Crippen LogP contribution in [0.2, 0.25) is 0 Å². The number of hydrogen-bond donors (Lipinski definition) is 0. The molecule has 0 spiro atoms. The average Bonchev–Trinajstić information content (AvgIpc) is 2.80. The van der Waals surface area contributed by atoms with E-state index in [0.29, 0.717) is 0 Å². The second-order valence-corrected chi connectivity index (χ2v) is 6.57. The van der Waals surface area contributed by atoms with Crippen LogP contribution in [-0.4, -0.2) is 64.3 Å². The summed E-state index contributed by atoms with van der Waals surface area (Å²) >= 11 is 1.94. The van der Waals surface area contributed by atoms with Crippen molar-refractivity contribution in [1.82, 2.24) is 19.6 Å². The van der Waals surface area contributed by atoms with Gasteiger partial charge >= 0.3 is 0 Å². The molecule has 0 bridgehead atoms. The molecule has 2 heterocycles. The van der Waals surface area contributed by atoms with Crippen LogP contribution in [0.5, 0.6) is 0 Å². The summed E-state index contributed by atoms with van der Waals surface area (Å²) in [6.45, 7) is 12.5. The van der Waals surface area contributed by atoms with Gasteiger partial charge in [0.05, 0.1) is 6.20 Å². The monoisotopic (exact) mass is 296 g/mol. The fourth-order valence-corrected chi connectivity index (χ4v) is 3.15. The minimum absolute atomic E-state index is 1.04. The molecule has 0 amide bonds. The molecule has 1 saturated heterocycles. The third-order valence-electron chi connectivity index (χ3n) is 4.11. The zero-order valence-electron chi connectivity index (χ0n) is 13.1. The highest BCUT2D eigenvalue weighted by Crippen LogP contribution is 2.13. The van der Waals surface area contributed by atoms with Crippen LogP contribution in [-0.2, 0) is 13.1 Å². The number of thioether (sulfide) groups is 1. The van der Waals surface area contributed by atoms with Crippen LogP contribution < -0.4 is 0 Å². The van der Waals surface area contributed by atoms with Gasteiger partial charge in [0.15, 0.2) is 0 Å². The molecule has 1 aromatic heterocycles. The van der Waals surface area contributed by atoms with Crippen LogP contribution in [0.4, 0.5) is 0 Å². The van der Waals surface area contributed by atoms with Crippen LogP contribution in [0.3, 0.4) is 0 Å². The van der Waals surface area contributed by atoms with Crippen molar-refractivity contribution in [3.8, 4) is 0 Å². The lowest BCUT2D eigenvalue weighted by atomic mass is 10.2. The van der Waals surface area contributed by atoms with E-state index >= 15 is 0 Å². The predicted octanol–water partition coefficient (Wildman–Crippen LogP) is 2.08. The summed E-state index contributed by atoms with van der Waals surface area (Å²) in [5.74, 6) is 1.25. The number of piperazine rings is 1. The molecule has 0 atom stereocenters. The molecule has 2 rings (SSSR count). The maximum atomic E-state index is 4.50. The van der Waals surface area contributed by atoms with Crippen LogP contribution in [0.1, 0.15) is 24.6 Å². The largest absolute Gasteiger partial charge is 0.300 e. The Balaban J connectivity index is 1.80. The van der Waals surface area contributed by atoms with Gasteiger partial charge in [0.1, 0.15) is 0 Å². The van der Waals surface area contributed by atoms with Crippen molar-refractivity contribution in [2.24, 2.45) is 0 Å². The van der Waals surface area contributed by atoms with Crippen molar-refractivity contribution in [1.29, 1.82) is 0 Å². The minimum Gasteiger partial charge on any atom is -0.300 e.